The molecule has 2 saturated carbocycles. The molecule has 15 nitrogen and oxygen atoms in total. The number of likely N-dealkylation sites (N-methyl/N-ethyl adjacent to an activating group) is 1. The van der Waals surface area contributed by atoms with Gasteiger partial charge in [-0.15, -0.1) is 0 Å². The molecule has 0 spiro atoms. The van der Waals surface area contributed by atoms with Gasteiger partial charge in [-0.1, -0.05) is 69.4 Å². The van der Waals surface area contributed by atoms with Crippen LogP contribution in [-0.4, -0.2) is 101 Å². The van der Waals surface area contributed by atoms with Gasteiger partial charge in [0.25, 0.3) is 5.91 Å². The molecule has 6 amide bonds. The fourth-order valence-corrected chi connectivity index (χ4v) is 7.91. The van der Waals surface area contributed by atoms with E-state index in [1.54, 1.807) is 58.0 Å². The summed E-state index contributed by atoms with van der Waals surface area (Å²) in [6, 6.07) is 4.20. The highest BCUT2D eigenvalue weighted by atomic mass is 16.6. The Balaban J connectivity index is 1.52. The molecule has 1 aromatic rings. The first kappa shape index (κ1) is 43.2. The van der Waals surface area contributed by atoms with E-state index in [1.165, 1.54) is 11.9 Å². The first-order valence-electron chi connectivity index (χ1n) is 19.6. The number of alkyl carbamates (subject to hydrolysis) is 1. The molecule has 3 fully saturated rings. The van der Waals surface area contributed by atoms with Crippen molar-refractivity contribution in [2.45, 2.75) is 135 Å². The summed E-state index contributed by atoms with van der Waals surface area (Å²) in [6.45, 7) is 8.22. The molecule has 1 aliphatic heterocycles. The number of benzene rings is 1. The quantitative estimate of drug-likeness (QED) is 0.128. The van der Waals surface area contributed by atoms with Crippen molar-refractivity contribution in [3.63, 3.8) is 0 Å². The average molecular weight is 769 g/mol. The average Bonchev–Trinajstić information content (AvgIpc) is 3.86. The van der Waals surface area contributed by atoms with Gasteiger partial charge >= 0.3 is 6.09 Å². The molecule has 15 heteroatoms. The summed E-state index contributed by atoms with van der Waals surface area (Å²) in [7, 11) is 1.43. The summed E-state index contributed by atoms with van der Waals surface area (Å²) >= 11 is 0. The number of Topliss-reactive ketones (excluding diaryl/α,β-unsaturated/α-hetero) is 1. The van der Waals surface area contributed by atoms with Gasteiger partial charge in [0.15, 0.2) is 0 Å². The van der Waals surface area contributed by atoms with Crippen LogP contribution >= 0.6 is 0 Å². The van der Waals surface area contributed by atoms with Crippen molar-refractivity contribution in [3.05, 3.63) is 35.9 Å². The number of ketones is 1. The van der Waals surface area contributed by atoms with E-state index in [2.05, 4.69) is 26.6 Å². The maximum atomic E-state index is 14.6. The lowest BCUT2D eigenvalue weighted by atomic mass is 9.70. The van der Waals surface area contributed by atoms with Gasteiger partial charge in [0.2, 0.25) is 29.4 Å². The third-order valence-corrected chi connectivity index (χ3v) is 10.9. The molecule has 4 rings (SSSR count). The number of rotatable bonds is 17. The van der Waals surface area contributed by atoms with Gasteiger partial charge < -0.3 is 41.3 Å². The topological polar surface area (TPSA) is 212 Å². The predicted molar refractivity (Wildman–Crippen MR) is 203 cm³/mol. The Morgan fingerprint density at radius 1 is 0.945 bits per heavy atom. The van der Waals surface area contributed by atoms with Crippen LogP contribution < -0.4 is 26.6 Å². The Kier molecular flexibility index (Phi) is 14.8. The SMILES string of the molecule is CNC(=O)C(NC(=O)CNC(=O)C(=O)C(CC1CC1)NC(=O)C1[C@@H](CC(C)(C)O)CCN1C(=O)C(NC(=O)OC(C)C)C1(C)CCCCC1)c1ccccc1. The van der Waals surface area contributed by atoms with Crippen molar-refractivity contribution >= 4 is 41.4 Å². The van der Waals surface area contributed by atoms with Crippen molar-refractivity contribution < 1.29 is 43.4 Å². The Morgan fingerprint density at radius 2 is 1.60 bits per heavy atom. The van der Waals surface area contributed by atoms with E-state index >= 15 is 0 Å². The van der Waals surface area contributed by atoms with E-state index in [0.717, 1.165) is 32.1 Å². The predicted octanol–water partition coefficient (Wildman–Crippen LogP) is 2.41. The smallest absolute Gasteiger partial charge is 0.408 e. The van der Waals surface area contributed by atoms with Crippen molar-refractivity contribution in [1.82, 2.24) is 31.5 Å². The first-order chi connectivity index (χ1) is 25.9. The lowest BCUT2D eigenvalue weighted by molar-refractivity contribution is -0.146. The molecule has 1 saturated heterocycles. The molecule has 2 aliphatic carbocycles. The van der Waals surface area contributed by atoms with Crippen molar-refractivity contribution in [1.29, 1.82) is 0 Å². The number of amides is 6. The molecule has 304 valence electrons. The van der Waals surface area contributed by atoms with Crippen LogP contribution in [0.1, 0.15) is 110 Å². The normalized spacial score (nSPS) is 21.1. The minimum absolute atomic E-state index is 0.102. The number of ether oxygens (including phenoxy) is 1. The van der Waals surface area contributed by atoms with Crippen LogP contribution in [0.2, 0.25) is 0 Å². The number of carbonyl (C=O) groups is 7. The number of hydrogen-bond donors (Lipinski definition) is 6. The van der Waals surface area contributed by atoms with Crippen molar-refractivity contribution in [2.75, 3.05) is 20.1 Å². The summed E-state index contributed by atoms with van der Waals surface area (Å²) in [5, 5.41) is 23.8. The minimum atomic E-state index is -1.24. The highest BCUT2D eigenvalue weighted by Crippen LogP contribution is 2.41. The van der Waals surface area contributed by atoms with Crippen LogP contribution in [0.15, 0.2) is 30.3 Å². The number of aliphatic hydroxyl groups is 1. The summed E-state index contributed by atoms with van der Waals surface area (Å²) in [6.07, 6.45) is 5.39. The van der Waals surface area contributed by atoms with Crippen LogP contribution in [0.3, 0.4) is 0 Å². The minimum Gasteiger partial charge on any atom is -0.447 e. The highest BCUT2D eigenvalue weighted by Gasteiger charge is 2.50. The second-order valence-corrected chi connectivity index (χ2v) is 16.6. The number of likely N-dealkylation sites (tertiary alicyclic amines) is 1. The first-order valence-corrected chi connectivity index (χ1v) is 19.6. The molecular weight excluding hydrogens is 708 g/mol. The summed E-state index contributed by atoms with van der Waals surface area (Å²) in [5.74, 6) is -4.67. The summed E-state index contributed by atoms with van der Waals surface area (Å²) < 4.78 is 5.37. The van der Waals surface area contributed by atoms with Gasteiger partial charge in [0, 0.05) is 13.6 Å². The van der Waals surface area contributed by atoms with Crippen molar-refractivity contribution in [3.8, 4) is 0 Å². The maximum Gasteiger partial charge on any atom is 0.408 e. The molecular formula is C40H60N6O9. The van der Waals surface area contributed by atoms with Gasteiger partial charge in [-0.05, 0) is 82.6 Å². The van der Waals surface area contributed by atoms with Gasteiger partial charge in [-0.25, -0.2) is 4.79 Å². The molecule has 55 heavy (non-hydrogen) atoms. The standard InChI is InChI=1S/C40H60N6O9/c1-24(2)55-38(53)45-33(40(5)18-11-8-12-19-40)37(52)46-20-17-27(22-39(3,4)54)31(46)35(50)43-28(21-25-15-16-25)32(48)36(51)42-23-29(47)44-30(34(49)41-6)26-13-9-7-10-14-26/h7,9-10,13-14,24-25,27-28,30-31,33,54H,8,11-12,15-23H2,1-6H3,(H,41,49)(H,42,51)(H,43,50)(H,44,47)(H,45,53)/t27-,28?,30?,31?,33?/m1/s1. The van der Waals surface area contributed by atoms with E-state index < -0.39 is 95.2 Å². The lowest BCUT2D eigenvalue weighted by Gasteiger charge is -2.42. The van der Waals surface area contributed by atoms with Crippen LogP contribution in [0, 0.1) is 17.3 Å². The van der Waals surface area contributed by atoms with Crippen LogP contribution in [0.25, 0.3) is 0 Å². The number of hydrogen-bond acceptors (Lipinski definition) is 9. The molecule has 4 unspecified atom stereocenters. The van der Waals surface area contributed by atoms with E-state index in [-0.39, 0.29) is 25.3 Å². The van der Waals surface area contributed by atoms with E-state index in [1.807, 2.05) is 6.92 Å². The molecule has 5 atom stereocenters. The molecule has 1 aromatic carbocycles. The van der Waals surface area contributed by atoms with Crippen molar-refractivity contribution in [2.24, 2.45) is 17.3 Å². The molecule has 0 aromatic heterocycles. The Bertz CT molecular complexity index is 1550. The highest BCUT2D eigenvalue weighted by molar-refractivity contribution is 6.38. The molecule has 3 aliphatic rings. The molecule has 0 bridgehead atoms. The van der Waals surface area contributed by atoms with Crippen LogP contribution in [0.5, 0.6) is 0 Å². The molecule has 1 heterocycles. The Morgan fingerprint density at radius 3 is 2.18 bits per heavy atom. The van der Waals surface area contributed by atoms with Gasteiger partial charge in [0.05, 0.1) is 24.3 Å². The third-order valence-electron chi connectivity index (χ3n) is 10.9. The zero-order valence-corrected chi connectivity index (χ0v) is 33.1. The van der Waals surface area contributed by atoms with E-state index in [0.29, 0.717) is 24.8 Å². The number of nitrogens with one attached hydrogen (secondary N) is 5. The second kappa shape index (κ2) is 18.9. The number of nitrogens with zero attached hydrogens (tertiary/aromatic N) is 1. The molecule has 0 radical (unpaired) electrons. The fraction of sp³-hybridized carbons (Fsp3) is 0.675. The zero-order valence-electron chi connectivity index (χ0n) is 33.1. The van der Waals surface area contributed by atoms with Gasteiger partial charge in [-0.3, -0.25) is 28.8 Å². The van der Waals surface area contributed by atoms with Gasteiger partial charge in [0.1, 0.15) is 18.1 Å². The third kappa shape index (κ3) is 12.2. The Labute approximate surface area is 323 Å². The summed E-state index contributed by atoms with van der Waals surface area (Å²) in [5.41, 5.74) is -1.26. The van der Waals surface area contributed by atoms with E-state index in [4.69, 9.17) is 4.74 Å². The van der Waals surface area contributed by atoms with Crippen LogP contribution in [0.4, 0.5) is 4.79 Å². The van der Waals surface area contributed by atoms with Gasteiger partial charge in [-0.2, -0.15) is 0 Å². The second-order valence-electron chi connectivity index (χ2n) is 16.6. The largest absolute Gasteiger partial charge is 0.447 e. The Hall–Kier alpha value is -4.53. The summed E-state index contributed by atoms with van der Waals surface area (Å²) in [4.78, 5) is 95.6. The maximum absolute atomic E-state index is 14.6. The lowest BCUT2D eigenvalue weighted by Crippen LogP contribution is -2.61. The fourth-order valence-electron chi connectivity index (χ4n) is 7.91. The van der Waals surface area contributed by atoms with E-state index in [9.17, 15) is 38.7 Å². The monoisotopic (exact) mass is 768 g/mol. The zero-order chi connectivity index (χ0) is 40.5. The molecule has 6 N–H and O–H groups in total. The van der Waals surface area contributed by atoms with Crippen LogP contribution in [-0.2, 0) is 33.5 Å². The number of carbonyl (C=O) groups excluding carboxylic acids is 7.